The van der Waals surface area contributed by atoms with Crippen molar-refractivity contribution < 1.29 is 22.7 Å². The Balaban J connectivity index is 1.60. The van der Waals surface area contributed by atoms with Crippen LogP contribution in [0.25, 0.3) is 16.9 Å². The summed E-state index contributed by atoms with van der Waals surface area (Å²) in [6.45, 7) is 1.72. The van der Waals surface area contributed by atoms with Gasteiger partial charge in [-0.25, -0.2) is 9.67 Å². The summed E-state index contributed by atoms with van der Waals surface area (Å²) >= 11 is 0. The highest BCUT2D eigenvalue weighted by Crippen LogP contribution is 2.30. The van der Waals surface area contributed by atoms with Gasteiger partial charge < -0.3 is 10.1 Å². The maximum absolute atomic E-state index is 12.9. The van der Waals surface area contributed by atoms with Crippen molar-refractivity contribution in [2.24, 2.45) is 0 Å². The molecule has 4 aromatic heterocycles. The number of rotatable bonds is 5. The fourth-order valence-electron chi connectivity index (χ4n) is 2.93. The normalized spacial score (nSPS) is 11.3. The number of methoxy groups -OCH3 is 1. The molecule has 0 aliphatic carbocycles. The molecule has 0 bridgehead atoms. The van der Waals surface area contributed by atoms with Crippen LogP contribution in [0.3, 0.4) is 0 Å². The number of halogens is 3. The van der Waals surface area contributed by atoms with Gasteiger partial charge in [0.2, 0.25) is 0 Å². The van der Waals surface area contributed by atoms with E-state index in [1.54, 1.807) is 31.6 Å². The highest BCUT2D eigenvalue weighted by Gasteiger charge is 2.31. The van der Waals surface area contributed by atoms with Crippen LogP contribution in [0.1, 0.15) is 21.6 Å². The zero-order valence-corrected chi connectivity index (χ0v) is 17.3. The van der Waals surface area contributed by atoms with E-state index in [-0.39, 0.29) is 11.4 Å². The van der Waals surface area contributed by atoms with Gasteiger partial charge in [0, 0.05) is 24.2 Å². The summed E-state index contributed by atoms with van der Waals surface area (Å²) in [6.07, 6.45) is 2.53. The molecule has 0 atom stereocenters. The van der Waals surface area contributed by atoms with Gasteiger partial charge in [0.25, 0.3) is 5.91 Å². The Kier molecular flexibility index (Phi) is 5.73. The van der Waals surface area contributed by atoms with Crippen molar-refractivity contribution in [1.29, 1.82) is 0 Å². The van der Waals surface area contributed by atoms with Gasteiger partial charge in [0.15, 0.2) is 0 Å². The summed E-state index contributed by atoms with van der Waals surface area (Å²) in [5.74, 6) is -0.347. The van der Waals surface area contributed by atoms with E-state index in [0.717, 1.165) is 18.3 Å². The summed E-state index contributed by atoms with van der Waals surface area (Å²) in [5.41, 5.74) is 1.41. The number of hydrogen-bond donors (Lipinski definition) is 1. The van der Waals surface area contributed by atoms with Crippen LogP contribution < -0.4 is 10.1 Å². The highest BCUT2D eigenvalue weighted by molar-refractivity contribution is 6.04. The number of nitrogens with one attached hydrogen (secondary N) is 1. The second-order valence-corrected chi connectivity index (χ2v) is 6.87. The molecule has 0 aliphatic rings. The monoisotopic (exact) mass is 455 g/mol. The average molecular weight is 455 g/mol. The molecule has 0 aliphatic heterocycles. The highest BCUT2D eigenvalue weighted by atomic mass is 19.4. The molecule has 0 saturated heterocycles. The summed E-state index contributed by atoms with van der Waals surface area (Å²) in [7, 11) is 1.53. The average Bonchev–Trinajstić information content (AvgIpc) is 3.29. The van der Waals surface area contributed by atoms with E-state index in [1.807, 2.05) is 0 Å². The van der Waals surface area contributed by atoms with Crippen molar-refractivity contribution in [2.45, 2.75) is 13.1 Å². The molecule has 1 N–H and O–H groups in total. The molecule has 0 fully saturated rings. The first-order valence-electron chi connectivity index (χ1n) is 9.48. The van der Waals surface area contributed by atoms with Crippen molar-refractivity contribution in [3.8, 4) is 22.7 Å². The predicted molar refractivity (Wildman–Crippen MR) is 111 cm³/mol. The first-order valence-corrected chi connectivity index (χ1v) is 9.48. The van der Waals surface area contributed by atoms with Gasteiger partial charge in [-0.1, -0.05) is 5.21 Å². The summed E-state index contributed by atoms with van der Waals surface area (Å²) < 4.78 is 45.3. The van der Waals surface area contributed by atoms with Gasteiger partial charge in [-0.2, -0.15) is 13.2 Å². The second kappa shape index (κ2) is 8.65. The van der Waals surface area contributed by atoms with E-state index in [9.17, 15) is 18.0 Å². The Morgan fingerprint density at radius 3 is 2.70 bits per heavy atom. The fraction of sp³-hybridized carbons (Fsp3) is 0.143. The van der Waals surface area contributed by atoms with Crippen molar-refractivity contribution in [3.05, 3.63) is 72.1 Å². The summed E-state index contributed by atoms with van der Waals surface area (Å²) in [6, 6.07) is 4.83. The Hall–Kier alpha value is -4.35. The van der Waals surface area contributed by atoms with E-state index in [1.165, 1.54) is 24.1 Å². The number of anilines is 1. The van der Waals surface area contributed by atoms with E-state index in [2.05, 4.69) is 30.6 Å². The van der Waals surface area contributed by atoms with Crippen LogP contribution >= 0.6 is 0 Å². The SMILES string of the molecule is COc1cncc(-c2cn(-c3cc(C(=O)Nc4cc(C(F)(F)F)ccn4)cnc3C)nn2)c1. The summed E-state index contributed by atoms with van der Waals surface area (Å²) in [4.78, 5) is 24.7. The lowest BCUT2D eigenvalue weighted by atomic mass is 10.2. The third kappa shape index (κ3) is 4.79. The molecule has 0 radical (unpaired) electrons. The molecule has 12 heteroatoms. The number of hydrogen-bond acceptors (Lipinski definition) is 7. The minimum Gasteiger partial charge on any atom is -0.495 e. The molecule has 33 heavy (non-hydrogen) atoms. The topological polar surface area (TPSA) is 108 Å². The molecule has 9 nitrogen and oxygen atoms in total. The standard InChI is InChI=1S/C21H16F3N7O2/c1-12-18(31-11-17(29-30-31)13-5-16(33-2)10-25-8-13)6-14(9-27-12)20(32)28-19-7-15(3-4-26-19)21(22,23)24/h3-11H,1-2H3,(H,26,28,32). The van der Waals surface area contributed by atoms with Gasteiger partial charge >= 0.3 is 6.18 Å². The minimum absolute atomic E-state index is 0.106. The lowest BCUT2D eigenvalue weighted by molar-refractivity contribution is -0.137. The molecular weight excluding hydrogens is 439 g/mol. The molecule has 1 amide bonds. The first-order chi connectivity index (χ1) is 15.7. The second-order valence-electron chi connectivity index (χ2n) is 6.87. The van der Waals surface area contributed by atoms with Crippen molar-refractivity contribution in [3.63, 3.8) is 0 Å². The molecular formula is C21H16F3N7O2. The largest absolute Gasteiger partial charge is 0.495 e. The maximum atomic E-state index is 12.9. The van der Waals surface area contributed by atoms with Gasteiger partial charge in [0.05, 0.1) is 42.0 Å². The van der Waals surface area contributed by atoms with Gasteiger partial charge in [-0.15, -0.1) is 5.10 Å². The lowest BCUT2D eigenvalue weighted by Crippen LogP contribution is -2.15. The Morgan fingerprint density at radius 2 is 1.94 bits per heavy atom. The van der Waals surface area contributed by atoms with Crippen LogP contribution in [0.4, 0.5) is 19.0 Å². The van der Waals surface area contributed by atoms with Crippen LogP contribution in [0, 0.1) is 6.92 Å². The molecule has 0 spiro atoms. The third-order valence-electron chi connectivity index (χ3n) is 4.64. The number of aromatic nitrogens is 6. The number of pyridine rings is 3. The van der Waals surface area contributed by atoms with Gasteiger partial charge in [-0.05, 0) is 31.2 Å². The number of amides is 1. The number of carbonyl (C=O) groups excluding carboxylic acids is 1. The maximum Gasteiger partial charge on any atom is 0.416 e. The smallest absolute Gasteiger partial charge is 0.416 e. The zero-order valence-electron chi connectivity index (χ0n) is 17.3. The first kappa shape index (κ1) is 21.9. The van der Waals surface area contributed by atoms with E-state index >= 15 is 0 Å². The van der Waals surface area contributed by atoms with Crippen molar-refractivity contribution in [1.82, 2.24) is 29.9 Å². The quantitative estimate of drug-likeness (QED) is 0.489. The molecule has 4 rings (SSSR count). The molecule has 4 heterocycles. The molecule has 0 unspecified atom stereocenters. The van der Waals surface area contributed by atoms with Crippen molar-refractivity contribution in [2.75, 3.05) is 12.4 Å². The van der Waals surface area contributed by atoms with Crippen LogP contribution in [0.2, 0.25) is 0 Å². The Labute approximate surface area is 185 Å². The van der Waals surface area contributed by atoms with E-state index in [0.29, 0.717) is 28.4 Å². The lowest BCUT2D eigenvalue weighted by Gasteiger charge is -2.10. The van der Waals surface area contributed by atoms with Crippen LogP contribution in [0.5, 0.6) is 5.75 Å². The van der Waals surface area contributed by atoms with Gasteiger partial charge in [0.1, 0.15) is 17.3 Å². The third-order valence-corrected chi connectivity index (χ3v) is 4.64. The Morgan fingerprint density at radius 1 is 1.12 bits per heavy atom. The number of alkyl halides is 3. The van der Waals surface area contributed by atoms with Gasteiger partial charge in [-0.3, -0.25) is 14.8 Å². The Bertz CT molecular complexity index is 1320. The van der Waals surface area contributed by atoms with E-state index < -0.39 is 17.6 Å². The minimum atomic E-state index is -4.55. The van der Waals surface area contributed by atoms with Crippen molar-refractivity contribution >= 4 is 11.7 Å². The zero-order chi connectivity index (χ0) is 23.6. The van der Waals surface area contributed by atoms with E-state index in [4.69, 9.17) is 4.74 Å². The fourth-order valence-corrected chi connectivity index (χ4v) is 2.93. The molecule has 0 aromatic carbocycles. The van der Waals surface area contributed by atoms with Crippen LogP contribution in [0.15, 0.2) is 55.2 Å². The molecule has 0 saturated carbocycles. The van der Waals surface area contributed by atoms with Crippen LogP contribution in [-0.2, 0) is 6.18 Å². The number of carbonyl (C=O) groups is 1. The molecule has 4 aromatic rings. The number of aryl methyl sites for hydroxylation is 1. The summed E-state index contributed by atoms with van der Waals surface area (Å²) in [5, 5.41) is 10.6. The number of nitrogens with zero attached hydrogens (tertiary/aromatic N) is 6. The van der Waals surface area contributed by atoms with Crippen LogP contribution in [-0.4, -0.2) is 43.0 Å². The predicted octanol–water partition coefficient (Wildman–Crippen LogP) is 3.71. The number of ether oxygens (including phenoxy) is 1. The molecule has 168 valence electrons.